The summed E-state index contributed by atoms with van der Waals surface area (Å²) in [6.45, 7) is 6.76. The van der Waals surface area contributed by atoms with Crippen molar-refractivity contribution in [3.63, 3.8) is 0 Å². The molecule has 4 nitrogen and oxygen atoms in total. The van der Waals surface area contributed by atoms with Crippen molar-refractivity contribution < 1.29 is 4.79 Å². The predicted octanol–water partition coefficient (Wildman–Crippen LogP) is 4.45. The minimum absolute atomic E-state index is 0.0332. The Balaban J connectivity index is 1.56. The molecule has 2 N–H and O–H groups in total. The van der Waals surface area contributed by atoms with E-state index in [0.29, 0.717) is 6.54 Å². The van der Waals surface area contributed by atoms with Gasteiger partial charge in [0, 0.05) is 18.1 Å². The van der Waals surface area contributed by atoms with Gasteiger partial charge in [0.05, 0.1) is 11.6 Å². The first-order valence-corrected chi connectivity index (χ1v) is 8.99. The highest BCUT2D eigenvalue weighted by Crippen LogP contribution is 2.20. The zero-order valence-corrected chi connectivity index (χ0v) is 15.5. The van der Waals surface area contributed by atoms with Gasteiger partial charge in [-0.05, 0) is 55.5 Å². The molecule has 2 amide bonds. The standard InChI is InChI=1S/C22H25N3O/c1-15-7-4-11-20(16(15)2)17(3)25-22(26)24-14-12-19-9-5-8-18-10-6-13-23-21(18)19/h4-11,13,17H,12,14H2,1-3H3,(H2,24,25,26). The molecule has 0 bridgehead atoms. The minimum Gasteiger partial charge on any atom is -0.338 e. The zero-order valence-electron chi connectivity index (χ0n) is 15.5. The zero-order chi connectivity index (χ0) is 18.5. The highest BCUT2D eigenvalue weighted by Gasteiger charge is 2.12. The Morgan fingerprint density at radius 2 is 1.85 bits per heavy atom. The number of hydrogen-bond donors (Lipinski definition) is 2. The summed E-state index contributed by atoms with van der Waals surface area (Å²) in [7, 11) is 0. The smallest absolute Gasteiger partial charge is 0.315 e. The van der Waals surface area contributed by atoms with E-state index < -0.39 is 0 Å². The van der Waals surface area contributed by atoms with Crippen LogP contribution in [0.15, 0.2) is 54.7 Å². The first-order valence-electron chi connectivity index (χ1n) is 8.99. The lowest BCUT2D eigenvalue weighted by Gasteiger charge is -2.18. The lowest BCUT2D eigenvalue weighted by Crippen LogP contribution is -2.38. The number of nitrogens with zero attached hydrogens (tertiary/aromatic N) is 1. The van der Waals surface area contributed by atoms with Crippen LogP contribution in [0, 0.1) is 13.8 Å². The van der Waals surface area contributed by atoms with Crippen LogP contribution >= 0.6 is 0 Å². The van der Waals surface area contributed by atoms with Gasteiger partial charge in [-0.25, -0.2) is 4.79 Å². The molecule has 3 rings (SSSR count). The number of urea groups is 1. The molecule has 0 saturated carbocycles. The summed E-state index contributed by atoms with van der Waals surface area (Å²) in [4.78, 5) is 16.7. The van der Waals surface area contributed by atoms with Crippen LogP contribution in [0.5, 0.6) is 0 Å². The van der Waals surface area contributed by atoms with Gasteiger partial charge < -0.3 is 10.6 Å². The van der Waals surface area contributed by atoms with E-state index in [1.54, 1.807) is 6.20 Å². The molecule has 0 saturated heterocycles. The number of benzene rings is 2. The first kappa shape index (κ1) is 17.9. The number of fused-ring (bicyclic) bond motifs is 1. The summed E-state index contributed by atoms with van der Waals surface area (Å²) in [5.41, 5.74) is 5.76. The van der Waals surface area contributed by atoms with Gasteiger partial charge in [-0.1, -0.05) is 42.5 Å². The second-order valence-corrected chi connectivity index (χ2v) is 6.65. The summed E-state index contributed by atoms with van der Waals surface area (Å²) < 4.78 is 0. The van der Waals surface area contributed by atoms with Gasteiger partial charge in [0.25, 0.3) is 0 Å². The number of aromatic nitrogens is 1. The largest absolute Gasteiger partial charge is 0.338 e. The van der Waals surface area contributed by atoms with Crippen LogP contribution in [0.4, 0.5) is 4.79 Å². The van der Waals surface area contributed by atoms with Crippen LogP contribution in [0.2, 0.25) is 0 Å². The van der Waals surface area contributed by atoms with Crippen LogP contribution in [0.1, 0.15) is 35.2 Å². The fourth-order valence-corrected chi connectivity index (χ4v) is 3.25. The molecule has 3 aromatic rings. The Kier molecular flexibility index (Phi) is 5.52. The van der Waals surface area contributed by atoms with Crippen molar-refractivity contribution in [1.82, 2.24) is 15.6 Å². The van der Waals surface area contributed by atoms with Crippen LogP contribution in [-0.2, 0) is 6.42 Å². The Hall–Kier alpha value is -2.88. The van der Waals surface area contributed by atoms with Crippen molar-refractivity contribution in [2.24, 2.45) is 0 Å². The number of carbonyl (C=O) groups is 1. The van der Waals surface area contributed by atoms with Crippen molar-refractivity contribution in [3.8, 4) is 0 Å². The molecule has 134 valence electrons. The van der Waals surface area contributed by atoms with Gasteiger partial charge in [0.1, 0.15) is 0 Å². The fourth-order valence-electron chi connectivity index (χ4n) is 3.25. The normalized spacial score (nSPS) is 12.0. The molecule has 0 aliphatic carbocycles. The third-order valence-electron chi connectivity index (χ3n) is 4.86. The number of rotatable bonds is 5. The van der Waals surface area contributed by atoms with E-state index in [9.17, 15) is 4.79 Å². The van der Waals surface area contributed by atoms with Gasteiger partial charge >= 0.3 is 6.03 Å². The number of aryl methyl sites for hydroxylation is 1. The van der Waals surface area contributed by atoms with Gasteiger partial charge in [-0.3, -0.25) is 4.98 Å². The quantitative estimate of drug-likeness (QED) is 0.716. The number of nitrogens with one attached hydrogen (secondary N) is 2. The molecule has 0 aliphatic rings. The van der Waals surface area contributed by atoms with E-state index >= 15 is 0 Å². The summed E-state index contributed by atoms with van der Waals surface area (Å²) in [6, 6.07) is 16.1. The second kappa shape index (κ2) is 8.00. The highest BCUT2D eigenvalue weighted by atomic mass is 16.2. The molecule has 0 radical (unpaired) electrons. The maximum Gasteiger partial charge on any atom is 0.315 e. The van der Waals surface area contributed by atoms with Crippen LogP contribution in [0.25, 0.3) is 10.9 Å². The Labute approximate surface area is 154 Å². The molecule has 1 atom stereocenters. The molecule has 26 heavy (non-hydrogen) atoms. The SMILES string of the molecule is Cc1cccc(C(C)NC(=O)NCCc2cccc3cccnc23)c1C. The molecule has 1 heterocycles. The number of hydrogen-bond acceptors (Lipinski definition) is 2. The van der Waals surface area contributed by atoms with Crippen LogP contribution < -0.4 is 10.6 Å². The molecule has 1 unspecified atom stereocenters. The monoisotopic (exact) mass is 347 g/mol. The number of pyridine rings is 1. The third-order valence-corrected chi connectivity index (χ3v) is 4.86. The summed E-state index contributed by atoms with van der Waals surface area (Å²) >= 11 is 0. The van der Waals surface area contributed by atoms with E-state index in [1.807, 2.05) is 25.1 Å². The van der Waals surface area contributed by atoms with E-state index in [4.69, 9.17) is 0 Å². The third kappa shape index (κ3) is 4.02. The summed E-state index contributed by atoms with van der Waals surface area (Å²) in [5.74, 6) is 0. The van der Waals surface area contributed by atoms with Crippen molar-refractivity contribution in [2.45, 2.75) is 33.2 Å². The predicted molar refractivity (Wildman–Crippen MR) is 106 cm³/mol. The molecule has 4 heteroatoms. The van der Waals surface area contributed by atoms with Gasteiger partial charge in [-0.15, -0.1) is 0 Å². The average Bonchev–Trinajstić information content (AvgIpc) is 2.64. The van der Waals surface area contributed by atoms with Crippen molar-refractivity contribution in [1.29, 1.82) is 0 Å². The topological polar surface area (TPSA) is 54.0 Å². The van der Waals surface area contributed by atoms with E-state index in [1.165, 1.54) is 11.1 Å². The molecule has 0 fully saturated rings. The summed E-state index contributed by atoms with van der Waals surface area (Å²) in [6.07, 6.45) is 2.55. The molecule has 2 aromatic carbocycles. The van der Waals surface area contributed by atoms with Gasteiger partial charge in [0.15, 0.2) is 0 Å². The fraction of sp³-hybridized carbons (Fsp3) is 0.273. The van der Waals surface area contributed by atoms with Crippen molar-refractivity contribution in [2.75, 3.05) is 6.54 Å². The highest BCUT2D eigenvalue weighted by molar-refractivity contribution is 5.81. The molecular formula is C22H25N3O. The lowest BCUT2D eigenvalue weighted by molar-refractivity contribution is 0.238. The summed E-state index contributed by atoms with van der Waals surface area (Å²) in [5, 5.41) is 7.10. The molecule has 0 spiro atoms. The number of amides is 2. The number of para-hydroxylation sites is 1. The van der Waals surface area contributed by atoms with E-state index in [0.717, 1.165) is 28.5 Å². The maximum atomic E-state index is 12.2. The molecule has 0 aliphatic heterocycles. The van der Waals surface area contributed by atoms with E-state index in [-0.39, 0.29) is 12.1 Å². The Morgan fingerprint density at radius 3 is 2.69 bits per heavy atom. The van der Waals surface area contributed by atoms with Gasteiger partial charge in [-0.2, -0.15) is 0 Å². The molecular weight excluding hydrogens is 322 g/mol. The van der Waals surface area contributed by atoms with Crippen molar-refractivity contribution in [3.05, 3.63) is 77.0 Å². The van der Waals surface area contributed by atoms with Crippen LogP contribution in [0.3, 0.4) is 0 Å². The molecule has 1 aromatic heterocycles. The maximum absolute atomic E-state index is 12.2. The van der Waals surface area contributed by atoms with E-state index in [2.05, 4.69) is 59.8 Å². The van der Waals surface area contributed by atoms with Gasteiger partial charge in [0.2, 0.25) is 0 Å². The first-order chi connectivity index (χ1) is 12.6. The second-order valence-electron chi connectivity index (χ2n) is 6.65. The lowest BCUT2D eigenvalue weighted by atomic mass is 9.98. The Bertz CT molecular complexity index is 915. The minimum atomic E-state index is -0.147. The number of carbonyl (C=O) groups excluding carboxylic acids is 1. The van der Waals surface area contributed by atoms with Crippen LogP contribution in [-0.4, -0.2) is 17.6 Å². The average molecular weight is 347 g/mol. The van der Waals surface area contributed by atoms with Crippen molar-refractivity contribution >= 4 is 16.9 Å². The Morgan fingerprint density at radius 1 is 1.08 bits per heavy atom.